The van der Waals surface area contributed by atoms with Gasteiger partial charge in [-0.2, -0.15) is 0 Å². The molecule has 1 atom stereocenters. The van der Waals surface area contributed by atoms with Crippen LogP contribution in [0.1, 0.15) is 43.1 Å². The summed E-state index contributed by atoms with van der Waals surface area (Å²) in [5, 5.41) is 16.5. The van der Waals surface area contributed by atoms with E-state index < -0.39 is 12.1 Å². The molecule has 0 aromatic carbocycles. The second-order valence-corrected chi connectivity index (χ2v) is 1.76. The first-order valence-electron chi connectivity index (χ1n) is 2.44. The normalized spacial score (nSPS) is 8.77. The molecule has 0 aliphatic heterocycles. The first kappa shape index (κ1) is 29.6. The molecule has 2 N–H and O–H groups in total. The van der Waals surface area contributed by atoms with E-state index in [9.17, 15) is 9.59 Å². The third-order valence-corrected chi connectivity index (χ3v) is 0.766. The number of hydrogen-bond donors (Lipinski definition) is 2. The van der Waals surface area contributed by atoms with Crippen LogP contribution in [-0.2, 0) is 9.59 Å². The lowest BCUT2D eigenvalue weighted by Crippen LogP contribution is -2.21. The van der Waals surface area contributed by atoms with Crippen LogP contribution in [0.25, 0.3) is 0 Å². The van der Waals surface area contributed by atoms with Gasteiger partial charge in [-0.05, 0) is 6.92 Å². The molecule has 13 heavy (non-hydrogen) atoms. The van der Waals surface area contributed by atoms with E-state index in [1.807, 2.05) is 0 Å². The molecule has 0 rings (SSSR count). The van der Waals surface area contributed by atoms with Gasteiger partial charge in [0.15, 0.2) is 6.10 Å². The largest absolute Gasteiger partial charge is 0.479 e. The molecule has 0 radical (unpaired) electrons. The van der Waals surface area contributed by atoms with Crippen LogP contribution < -0.4 is 0 Å². The van der Waals surface area contributed by atoms with E-state index in [1.165, 1.54) is 6.92 Å². The van der Waals surface area contributed by atoms with Gasteiger partial charge in [-0.3, -0.25) is 4.79 Å². The molecule has 0 amide bonds. The Morgan fingerprint density at radius 3 is 1.54 bits per heavy atom. The zero-order valence-electron chi connectivity index (χ0n) is 5.00. The molecule has 0 aromatic rings. The molecular weight excluding hydrogens is 172 g/mol. The van der Waals surface area contributed by atoms with Gasteiger partial charge in [0.25, 0.3) is 0 Å². The predicted molar refractivity (Wildman–Crippen MR) is 55.9 cm³/mol. The SMILES string of the molecule is C.C.C.C.CC(=O)C[C@H](O)C(=O)O. The Morgan fingerprint density at radius 2 is 1.46 bits per heavy atom. The molecule has 0 saturated carbocycles. The fourth-order valence-corrected chi connectivity index (χ4v) is 0.360. The van der Waals surface area contributed by atoms with Crippen LogP contribution in [0.2, 0.25) is 0 Å². The Hall–Kier alpha value is -0.900. The Balaban J connectivity index is -0.0000000533. The van der Waals surface area contributed by atoms with Crippen LogP contribution in [-0.4, -0.2) is 28.1 Å². The molecule has 0 aromatic heterocycles. The van der Waals surface area contributed by atoms with Gasteiger partial charge in [0.05, 0.1) is 0 Å². The van der Waals surface area contributed by atoms with Crippen LogP contribution in [0.3, 0.4) is 0 Å². The predicted octanol–water partition coefficient (Wildman–Crippen LogP) is 1.96. The molecule has 0 bridgehead atoms. The van der Waals surface area contributed by atoms with Crippen LogP contribution in [0, 0.1) is 0 Å². The summed E-state index contributed by atoms with van der Waals surface area (Å²) < 4.78 is 0. The quantitative estimate of drug-likeness (QED) is 0.723. The number of Topliss-reactive ketones (excluding diaryl/α,β-unsaturated/α-hetero) is 1. The summed E-state index contributed by atoms with van der Waals surface area (Å²) in [4.78, 5) is 20.0. The molecule has 0 aliphatic carbocycles. The topological polar surface area (TPSA) is 74.6 Å². The average molecular weight is 196 g/mol. The molecule has 84 valence electrons. The first-order chi connectivity index (χ1) is 4.04. The van der Waals surface area contributed by atoms with Crippen LogP contribution in [0.4, 0.5) is 0 Å². The number of carboxylic acid groups (broad SMARTS) is 1. The van der Waals surface area contributed by atoms with Crippen molar-refractivity contribution < 1.29 is 19.8 Å². The number of hydrogen-bond acceptors (Lipinski definition) is 3. The van der Waals surface area contributed by atoms with E-state index in [1.54, 1.807) is 0 Å². The van der Waals surface area contributed by atoms with Crippen molar-refractivity contribution in [2.24, 2.45) is 0 Å². The molecule has 4 heteroatoms. The maximum Gasteiger partial charge on any atom is 0.332 e. The number of carbonyl (C=O) groups is 2. The molecule has 0 saturated heterocycles. The highest BCUT2D eigenvalue weighted by Crippen LogP contribution is 1.91. The molecular formula is C9H24O4. The molecule has 0 spiro atoms. The third-order valence-electron chi connectivity index (χ3n) is 0.766. The van der Waals surface area contributed by atoms with Crippen molar-refractivity contribution in [3.8, 4) is 0 Å². The summed E-state index contributed by atoms with van der Waals surface area (Å²) in [6, 6.07) is 0. The number of carbonyl (C=O) groups excluding carboxylic acids is 1. The van der Waals surface area contributed by atoms with Crippen molar-refractivity contribution >= 4 is 11.8 Å². The smallest absolute Gasteiger partial charge is 0.332 e. The van der Waals surface area contributed by atoms with E-state index in [-0.39, 0.29) is 41.9 Å². The van der Waals surface area contributed by atoms with Gasteiger partial charge in [0.1, 0.15) is 5.78 Å². The molecule has 0 fully saturated rings. The van der Waals surface area contributed by atoms with Crippen molar-refractivity contribution in [3.05, 3.63) is 0 Å². The minimum Gasteiger partial charge on any atom is -0.479 e. The average Bonchev–Trinajstić information content (AvgIpc) is 1.63. The van der Waals surface area contributed by atoms with Crippen molar-refractivity contribution in [2.75, 3.05) is 0 Å². The second kappa shape index (κ2) is 13.7. The number of aliphatic carboxylic acids is 1. The van der Waals surface area contributed by atoms with Gasteiger partial charge >= 0.3 is 5.97 Å². The van der Waals surface area contributed by atoms with Gasteiger partial charge in [-0.15, -0.1) is 0 Å². The number of rotatable bonds is 3. The Labute approximate surface area is 81.6 Å². The maximum atomic E-state index is 10.1. The standard InChI is InChI=1S/C5H8O4.4CH4/c1-3(6)2-4(7)5(8)9;;;;/h4,7H,2H2,1H3,(H,8,9);4*1H4/t4-;;;;/m0..../s1. The van der Waals surface area contributed by atoms with E-state index in [2.05, 4.69) is 0 Å². The first-order valence-corrected chi connectivity index (χ1v) is 2.44. The number of aliphatic hydroxyl groups is 1. The van der Waals surface area contributed by atoms with Gasteiger partial charge < -0.3 is 10.2 Å². The number of carboxylic acids is 1. The van der Waals surface area contributed by atoms with Gasteiger partial charge in [0, 0.05) is 6.42 Å². The monoisotopic (exact) mass is 196 g/mol. The number of ketones is 1. The summed E-state index contributed by atoms with van der Waals surface area (Å²) in [6.45, 7) is 1.23. The lowest BCUT2D eigenvalue weighted by molar-refractivity contribution is -0.148. The summed E-state index contributed by atoms with van der Waals surface area (Å²) in [5.41, 5.74) is 0. The van der Waals surface area contributed by atoms with E-state index >= 15 is 0 Å². The van der Waals surface area contributed by atoms with Crippen LogP contribution in [0.5, 0.6) is 0 Å². The van der Waals surface area contributed by atoms with Crippen LogP contribution in [0.15, 0.2) is 0 Å². The fourth-order valence-electron chi connectivity index (χ4n) is 0.360. The maximum absolute atomic E-state index is 10.1. The van der Waals surface area contributed by atoms with Crippen LogP contribution >= 0.6 is 0 Å². The lowest BCUT2D eigenvalue weighted by Gasteiger charge is -1.98. The zero-order valence-corrected chi connectivity index (χ0v) is 5.00. The van der Waals surface area contributed by atoms with Gasteiger partial charge in [-0.25, -0.2) is 4.79 Å². The number of aliphatic hydroxyl groups excluding tert-OH is 1. The third kappa shape index (κ3) is 18.2. The summed E-state index contributed by atoms with van der Waals surface area (Å²) in [7, 11) is 0. The van der Waals surface area contributed by atoms with Crippen molar-refractivity contribution in [3.63, 3.8) is 0 Å². The Morgan fingerprint density at radius 1 is 1.15 bits per heavy atom. The van der Waals surface area contributed by atoms with Gasteiger partial charge in [-0.1, -0.05) is 29.7 Å². The molecule has 0 heterocycles. The molecule has 0 aliphatic rings. The minimum absolute atomic E-state index is 0. The molecule has 4 nitrogen and oxygen atoms in total. The highest BCUT2D eigenvalue weighted by molar-refractivity contribution is 5.83. The zero-order chi connectivity index (χ0) is 7.44. The van der Waals surface area contributed by atoms with E-state index in [0.717, 1.165) is 0 Å². The fraction of sp³-hybridized carbons (Fsp3) is 0.778. The Kier molecular flexibility index (Phi) is 31.1. The van der Waals surface area contributed by atoms with Crippen molar-refractivity contribution in [2.45, 2.75) is 49.2 Å². The van der Waals surface area contributed by atoms with Crippen molar-refractivity contribution in [1.29, 1.82) is 0 Å². The van der Waals surface area contributed by atoms with Crippen molar-refractivity contribution in [1.82, 2.24) is 0 Å². The summed E-state index contributed by atoms with van der Waals surface area (Å²) >= 11 is 0. The summed E-state index contributed by atoms with van der Waals surface area (Å²) in [6.07, 6.45) is -1.85. The lowest BCUT2D eigenvalue weighted by atomic mass is 10.2. The highest BCUT2D eigenvalue weighted by atomic mass is 16.4. The minimum atomic E-state index is -1.54. The van der Waals surface area contributed by atoms with E-state index in [0.29, 0.717) is 0 Å². The highest BCUT2D eigenvalue weighted by Gasteiger charge is 2.14. The summed E-state index contributed by atoms with van der Waals surface area (Å²) in [5.74, 6) is -1.69. The van der Waals surface area contributed by atoms with Gasteiger partial charge in [0.2, 0.25) is 0 Å². The molecule has 0 unspecified atom stereocenters. The van der Waals surface area contributed by atoms with E-state index in [4.69, 9.17) is 10.2 Å². The Bertz CT molecular complexity index is 132. The second-order valence-electron chi connectivity index (χ2n) is 1.76.